The first-order chi connectivity index (χ1) is 9.96. The van der Waals surface area contributed by atoms with Crippen molar-refractivity contribution >= 4 is 17.0 Å². The Bertz CT molecular complexity index is 696. The van der Waals surface area contributed by atoms with Crippen molar-refractivity contribution in [2.24, 2.45) is 5.41 Å². The van der Waals surface area contributed by atoms with Crippen molar-refractivity contribution in [2.75, 3.05) is 0 Å². The van der Waals surface area contributed by atoms with Gasteiger partial charge in [-0.2, -0.15) is 0 Å². The van der Waals surface area contributed by atoms with Crippen LogP contribution in [0.5, 0.6) is 0 Å². The van der Waals surface area contributed by atoms with Gasteiger partial charge in [0.25, 0.3) is 0 Å². The zero-order valence-electron chi connectivity index (χ0n) is 12.9. The van der Waals surface area contributed by atoms with Gasteiger partial charge in [0.2, 0.25) is 0 Å². The predicted octanol–water partition coefficient (Wildman–Crippen LogP) is 4.05. The van der Waals surface area contributed by atoms with Gasteiger partial charge in [0.1, 0.15) is 5.82 Å². The van der Waals surface area contributed by atoms with Crippen LogP contribution in [0.3, 0.4) is 0 Å². The summed E-state index contributed by atoms with van der Waals surface area (Å²) in [5.74, 6) is 0.512. The van der Waals surface area contributed by atoms with Gasteiger partial charge >= 0.3 is 5.97 Å². The maximum absolute atomic E-state index is 11.2. The average Bonchev–Trinajstić information content (AvgIpc) is 3.13. The molecule has 3 rings (SSSR count). The molecule has 21 heavy (non-hydrogen) atoms. The molecule has 0 unspecified atom stereocenters. The lowest BCUT2D eigenvalue weighted by atomic mass is 10.0. The highest BCUT2D eigenvalue weighted by molar-refractivity contribution is 5.92. The number of fused-ring (bicyclic) bond motifs is 1. The van der Waals surface area contributed by atoms with E-state index in [0.29, 0.717) is 16.9 Å². The van der Waals surface area contributed by atoms with Crippen LogP contribution in [0, 0.1) is 5.41 Å². The molecule has 1 aromatic carbocycles. The van der Waals surface area contributed by atoms with E-state index in [4.69, 9.17) is 4.98 Å². The van der Waals surface area contributed by atoms with Gasteiger partial charge in [0.05, 0.1) is 16.6 Å². The third-order valence-electron chi connectivity index (χ3n) is 4.74. The Morgan fingerprint density at radius 2 is 2.14 bits per heavy atom. The van der Waals surface area contributed by atoms with E-state index < -0.39 is 5.97 Å². The van der Waals surface area contributed by atoms with E-state index >= 15 is 0 Å². The molecule has 4 heteroatoms. The number of imidazole rings is 1. The van der Waals surface area contributed by atoms with Gasteiger partial charge < -0.3 is 9.67 Å². The molecule has 2 aromatic rings. The minimum atomic E-state index is -0.882. The number of carboxylic acids is 1. The molecular weight excluding hydrogens is 264 g/mol. The van der Waals surface area contributed by atoms with Crippen LogP contribution in [0.2, 0.25) is 0 Å². The molecule has 112 valence electrons. The standard InChI is InChI=1S/C17H22N2O2/c1-4-17(7-8-17)10-19-14-9-12(16(20)21)5-6-13(14)18-15(19)11(2)3/h5-6,9,11H,4,7-8,10H2,1-3H3,(H,20,21). The van der Waals surface area contributed by atoms with Gasteiger partial charge in [-0.05, 0) is 42.9 Å². The minimum Gasteiger partial charge on any atom is -0.478 e. The zero-order chi connectivity index (χ0) is 15.2. The summed E-state index contributed by atoms with van der Waals surface area (Å²) < 4.78 is 2.25. The molecule has 0 aliphatic heterocycles. The van der Waals surface area contributed by atoms with Crippen molar-refractivity contribution in [2.45, 2.75) is 52.5 Å². The SMILES string of the molecule is CCC1(Cn2c(C(C)C)nc3ccc(C(=O)O)cc32)CC1. The van der Waals surface area contributed by atoms with Crippen molar-refractivity contribution in [1.82, 2.24) is 9.55 Å². The lowest BCUT2D eigenvalue weighted by Gasteiger charge is -2.18. The Kier molecular flexibility index (Phi) is 3.27. The molecule has 4 nitrogen and oxygen atoms in total. The number of rotatable bonds is 5. The topological polar surface area (TPSA) is 55.1 Å². The average molecular weight is 286 g/mol. The van der Waals surface area contributed by atoms with Crippen molar-refractivity contribution < 1.29 is 9.90 Å². The Balaban J connectivity index is 2.14. The van der Waals surface area contributed by atoms with Crippen LogP contribution in [0.15, 0.2) is 18.2 Å². The molecule has 1 heterocycles. The summed E-state index contributed by atoms with van der Waals surface area (Å²) in [6.07, 6.45) is 3.70. The van der Waals surface area contributed by atoms with E-state index in [1.165, 1.54) is 19.3 Å². The van der Waals surface area contributed by atoms with Crippen LogP contribution >= 0.6 is 0 Å². The fourth-order valence-electron chi connectivity index (χ4n) is 3.02. The highest BCUT2D eigenvalue weighted by atomic mass is 16.4. The number of nitrogens with zero attached hydrogens (tertiary/aromatic N) is 2. The Hall–Kier alpha value is -1.84. The molecule has 0 atom stereocenters. The van der Waals surface area contributed by atoms with Crippen molar-refractivity contribution in [3.05, 3.63) is 29.6 Å². The quantitative estimate of drug-likeness (QED) is 0.902. The molecule has 1 aliphatic rings. The first kappa shape index (κ1) is 14.1. The van der Waals surface area contributed by atoms with E-state index in [2.05, 4.69) is 25.3 Å². The van der Waals surface area contributed by atoms with E-state index in [1.54, 1.807) is 12.1 Å². The van der Waals surface area contributed by atoms with Crippen LogP contribution in [0.4, 0.5) is 0 Å². The summed E-state index contributed by atoms with van der Waals surface area (Å²) in [6.45, 7) is 7.48. The fourth-order valence-corrected chi connectivity index (χ4v) is 3.02. The van der Waals surface area contributed by atoms with Gasteiger partial charge in [-0.1, -0.05) is 20.8 Å². The zero-order valence-corrected chi connectivity index (χ0v) is 12.9. The fraction of sp³-hybridized carbons (Fsp3) is 0.529. The second kappa shape index (κ2) is 4.86. The maximum Gasteiger partial charge on any atom is 0.335 e. The summed E-state index contributed by atoms with van der Waals surface area (Å²) in [7, 11) is 0. The number of carboxylic acid groups (broad SMARTS) is 1. The Labute approximate surface area is 124 Å². The van der Waals surface area contributed by atoms with Crippen molar-refractivity contribution in [3.8, 4) is 0 Å². The third-order valence-corrected chi connectivity index (χ3v) is 4.74. The molecule has 0 saturated heterocycles. The molecule has 1 saturated carbocycles. The van der Waals surface area contributed by atoms with Crippen LogP contribution in [-0.2, 0) is 6.54 Å². The smallest absolute Gasteiger partial charge is 0.335 e. The van der Waals surface area contributed by atoms with Gasteiger partial charge in [0.15, 0.2) is 0 Å². The van der Waals surface area contributed by atoms with Gasteiger partial charge in [-0.3, -0.25) is 0 Å². The number of benzene rings is 1. The minimum absolute atomic E-state index is 0.332. The Morgan fingerprint density at radius 3 is 2.67 bits per heavy atom. The lowest BCUT2D eigenvalue weighted by Crippen LogP contribution is -2.14. The molecule has 0 radical (unpaired) electrons. The van der Waals surface area contributed by atoms with Crippen LogP contribution in [0.25, 0.3) is 11.0 Å². The molecule has 1 aliphatic carbocycles. The van der Waals surface area contributed by atoms with E-state index in [-0.39, 0.29) is 0 Å². The van der Waals surface area contributed by atoms with Crippen molar-refractivity contribution in [1.29, 1.82) is 0 Å². The number of aromatic carboxylic acids is 1. The summed E-state index contributed by atoms with van der Waals surface area (Å²) in [4.78, 5) is 15.9. The third kappa shape index (κ3) is 2.43. The molecule has 1 aromatic heterocycles. The lowest BCUT2D eigenvalue weighted by molar-refractivity contribution is 0.0697. The largest absolute Gasteiger partial charge is 0.478 e. The van der Waals surface area contributed by atoms with E-state index in [9.17, 15) is 9.90 Å². The molecule has 0 spiro atoms. The first-order valence-electron chi connectivity index (χ1n) is 7.69. The second-order valence-corrected chi connectivity index (χ2v) is 6.57. The molecule has 1 N–H and O–H groups in total. The summed E-state index contributed by atoms with van der Waals surface area (Å²) in [6, 6.07) is 5.23. The van der Waals surface area contributed by atoms with Crippen LogP contribution < -0.4 is 0 Å². The van der Waals surface area contributed by atoms with Crippen LogP contribution in [0.1, 0.15) is 62.1 Å². The summed E-state index contributed by atoms with van der Waals surface area (Å²) in [5, 5.41) is 9.21. The summed E-state index contributed by atoms with van der Waals surface area (Å²) in [5.41, 5.74) is 2.59. The second-order valence-electron chi connectivity index (χ2n) is 6.57. The van der Waals surface area contributed by atoms with Gasteiger partial charge in [-0.15, -0.1) is 0 Å². The predicted molar refractivity (Wildman–Crippen MR) is 82.7 cm³/mol. The number of hydrogen-bond acceptors (Lipinski definition) is 2. The highest BCUT2D eigenvalue weighted by Gasteiger charge is 2.41. The van der Waals surface area contributed by atoms with Gasteiger partial charge in [-0.25, -0.2) is 9.78 Å². The first-order valence-corrected chi connectivity index (χ1v) is 7.69. The summed E-state index contributed by atoms with van der Waals surface area (Å²) >= 11 is 0. The molecular formula is C17H22N2O2. The van der Waals surface area contributed by atoms with Gasteiger partial charge in [0, 0.05) is 12.5 Å². The van der Waals surface area contributed by atoms with Crippen LogP contribution in [-0.4, -0.2) is 20.6 Å². The Morgan fingerprint density at radius 1 is 1.43 bits per heavy atom. The molecule has 0 amide bonds. The highest BCUT2D eigenvalue weighted by Crippen LogP contribution is 2.50. The number of hydrogen-bond donors (Lipinski definition) is 1. The normalized spacial score (nSPS) is 16.6. The van der Waals surface area contributed by atoms with E-state index in [1.807, 2.05) is 6.07 Å². The molecule has 1 fully saturated rings. The molecule has 0 bridgehead atoms. The van der Waals surface area contributed by atoms with E-state index in [0.717, 1.165) is 23.4 Å². The maximum atomic E-state index is 11.2. The van der Waals surface area contributed by atoms with Crippen molar-refractivity contribution in [3.63, 3.8) is 0 Å². The monoisotopic (exact) mass is 286 g/mol. The number of carbonyl (C=O) groups is 1. The number of aromatic nitrogens is 2.